The summed E-state index contributed by atoms with van der Waals surface area (Å²) in [5, 5.41) is 5.06. The lowest BCUT2D eigenvalue weighted by molar-refractivity contribution is -0.139. The molecule has 1 atom stereocenters. The average molecular weight is 357 g/mol. The van der Waals surface area contributed by atoms with Crippen LogP contribution in [0.15, 0.2) is 36.4 Å². The van der Waals surface area contributed by atoms with Crippen LogP contribution in [0.1, 0.15) is 53.4 Å². The van der Waals surface area contributed by atoms with Crippen molar-refractivity contribution >= 4 is 22.4 Å². The molecule has 2 aromatic carbocycles. The molecule has 26 heavy (non-hydrogen) atoms. The predicted molar refractivity (Wildman–Crippen MR) is 108 cm³/mol. The molecule has 142 valence electrons. The number of anilines is 1. The van der Waals surface area contributed by atoms with Crippen LogP contribution in [-0.4, -0.2) is 24.7 Å². The highest BCUT2D eigenvalue weighted by molar-refractivity contribution is 6.06. The fourth-order valence-corrected chi connectivity index (χ4v) is 3.13. The Balaban J connectivity index is 2.30. The van der Waals surface area contributed by atoms with Gasteiger partial charge in [0.15, 0.2) is 0 Å². The lowest BCUT2D eigenvalue weighted by Gasteiger charge is -2.28. The number of nitrogens with one attached hydrogen (secondary N) is 1. The molecule has 0 saturated carbocycles. The molecule has 1 amide bonds. The van der Waals surface area contributed by atoms with Gasteiger partial charge in [-0.3, -0.25) is 4.79 Å². The van der Waals surface area contributed by atoms with Crippen LogP contribution in [0.5, 0.6) is 5.75 Å². The highest BCUT2D eigenvalue weighted by atomic mass is 16.5. The van der Waals surface area contributed by atoms with Gasteiger partial charge in [0.25, 0.3) is 5.91 Å². The number of rotatable bonds is 10. The summed E-state index contributed by atoms with van der Waals surface area (Å²) in [7, 11) is 0. The van der Waals surface area contributed by atoms with Gasteiger partial charge in [-0.1, -0.05) is 51.0 Å². The van der Waals surface area contributed by atoms with Crippen molar-refractivity contribution in [2.75, 3.05) is 18.5 Å². The maximum atomic E-state index is 12.9. The summed E-state index contributed by atoms with van der Waals surface area (Å²) in [6.45, 7) is 9.19. The third-order valence-corrected chi connectivity index (χ3v) is 4.56. The van der Waals surface area contributed by atoms with Crippen LogP contribution in [0.3, 0.4) is 0 Å². The van der Waals surface area contributed by atoms with E-state index in [1.165, 1.54) is 0 Å². The average Bonchev–Trinajstić information content (AvgIpc) is 2.64. The van der Waals surface area contributed by atoms with Crippen LogP contribution < -0.4 is 10.1 Å². The van der Waals surface area contributed by atoms with Crippen molar-refractivity contribution in [3.63, 3.8) is 0 Å². The molecule has 1 N–H and O–H groups in total. The predicted octanol–water partition coefficient (Wildman–Crippen LogP) is 5.55. The van der Waals surface area contributed by atoms with Gasteiger partial charge in [0.1, 0.15) is 11.4 Å². The number of hydrogen-bond donors (Lipinski definition) is 1. The van der Waals surface area contributed by atoms with Gasteiger partial charge in [-0.15, -0.1) is 0 Å². The Morgan fingerprint density at radius 3 is 2.42 bits per heavy atom. The molecular weight excluding hydrogens is 326 g/mol. The number of ether oxygens (including phenoxy) is 2. The van der Waals surface area contributed by atoms with E-state index in [9.17, 15) is 4.79 Å². The van der Waals surface area contributed by atoms with E-state index in [1.807, 2.05) is 50.2 Å². The molecule has 0 fully saturated rings. The molecule has 0 heterocycles. The zero-order chi connectivity index (χ0) is 19.0. The van der Waals surface area contributed by atoms with E-state index in [0.29, 0.717) is 19.6 Å². The van der Waals surface area contributed by atoms with Gasteiger partial charge >= 0.3 is 0 Å². The molecule has 0 aliphatic carbocycles. The molecule has 0 unspecified atom stereocenters. The third-order valence-electron chi connectivity index (χ3n) is 4.56. The third kappa shape index (κ3) is 4.76. The normalized spacial score (nSPS) is 13.4. The van der Waals surface area contributed by atoms with Crippen LogP contribution in [-0.2, 0) is 9.53 Å². The highest BCUT2D eigenvalue weighted by Crippen LogP contribution is 2.32. The van der Waals surface area contributed by atoms with Crippen molar-refractivity contribution in [2.45, 2.75) is 59.0 Å². The highest BCUT2D eigenvalue weighted by Gasteiger charge is 2.33. The maximum absolute atomic E-state index is 12.9. The van der Waals surface area contributed by atoms with Gasteiger partial charge < -0.3 is 14.8 Å². The molecule has 0 saturated heterocycles. The van der Waals surface area contributed by atoms with Crippen molar-refractivity contribution in [3.05, 3.63) is 36.4 Å². The second-order valence-corrected chi connectivity index (χ2v) is 6.73. The molecule has 0 bridgehead atoms. The molecular formula is C22H31NO3. The fourth-order valence-electron chi connectivity index (χ4n) is 3.13. The van der Waals surface area contributed by atoms with E-state index >= 15 is 0 Å². The van der Waals surface area contributed by atoms with Crippen molar-refractivity contribution in [2.24, 2.45) is 0 Å². The van der Waals surface area contributed by atoms with Gasteiger partial charge in [0.05, 0.1) is 6.61 Å². The lowest BCUT2D eigenvalue weighted by atomic mass is 9.98. The van der Waals surface area contributed by atoms with E-state index in [0.717, 1.165) is 41.5 Å². The summed E-state index contributed by atoms with van der Waals surface area (Å²) >= 11 is 0. The molecule has 0 aromatic heterocycles. The molecule has 0 radical (unpaired) electrons. The molecule has 4 nitrogen and oxygen atoms in total. The molecule has 0 spiro atoms. The van der Waals surface area contributed by atoms with Crippen molar-refractivity contribution in [1.29, 1.82) is 0 Å². The van der Waals surface area contributed by atoms with Gasteiger partial charge in [-0.05, 0) is 38.8 Å². The number of hydrogen-bond acceptors (Lipinski definition) is 3. The van der Waals surface area contributed by atoms with E-state index in [1.54, 1.807) is 0 Å². The molecule has 2 rings (SSSR count). The topological polar surface area (TPSA) is 47.6 Å². The van der Waals surface area contributed by atoms with Gasteiger partial charge in [-0.2, -0.15) is 0 Å². The van der Waals surface area contributed by atoms with E-state index < -0.39 is 5.60 Å². The summed E-state index contributed by atoms with van der Waals surface area (Å²) in [6.07, 6.45) is 3.69. The van der Waals surface area contributed by atoms with Gasteiger partial charge in [0, 0.05) is 23.1 Å². The summed E-state index contributed by atoms with van der Waals surface area (Å²) in [6, 6.07) is 11.9. The summed E-state index contributed by atoms with van der Waals surface area (Å²) in [5.41, 5.74) is -0.0311. The van der Waals surface area contributed by atoms with Crippen LogP contribution in [0.4, 0.5) is 5.69 Å². The first kappa shape index (κ1) is 20.2. The maximum Gasteiger partial charge on any atom is 0.256 e. The number of carbonyl (C=O) groups excluding carboxylic acids is 1. The Hall–Kier alpha value is -2.07. The Morgan fingerprint density at radius 2 is 1.77 bits per heavy atom. The second-order valence-electron chi connectivity index (χ2n) is 6.73. The molecule has 2 aromatic rings. The first-order chi connectivity index (χ1) is 12.6. The van der Waals surface area contributed by atoms with Crippen LogP contribution in [0.25, 0.3) is 10.8 Å². The number of fused-ring (bicyclic) bond motifs is 1. The minimum absolute atomic E-state index is 0.106. The zero-order valence-electron chi connectivity index (χ0n) is 16.4. The van der Waals surface area contributed by atoms with Crippen molar-refractivity contribution in [3.8, 4) is 5.75 Å². The first-order valence-electron chi connectivity index (χ1n) is 9.65. The van der Waals surface area contributed by atoms with Crippen LogP contribution in [0, 0.1) is 0 Å². The molecule has 0 aliphatic heterocycles. The Labute approximate surface area is 156 Å². The summed E-state index contributed by atoms with van der Waals surface area (Å²) < 4.78 is 11.7. The second kappa shape index (κ2) is 9.58. The van der Waals surface area contributed by atoms with E-state index in [-0.39, 0.29) is 5.91 Å². The number of amides is 1. The number of benzene rings is 2. The monoisotopic (exact) mass is 357 g/mol. The first-order valence-corrected chi connectivity index (χ1v) is 9.65. The van der Waals surface area contributed by atoms with Gasteiger partial charge in [0.2, 0.25) is 0 Å². The summed E-state index contributed by atoms with van der Waals surface area (Å²) in [4.78, 5) is 12.9. The molecule has 0 aliphatic rings. The fraction of sp³-hybridized carbons (Fsp3) is 0.500. The van der Waals surface area contributed by atoms with Crippen LogP contribution in [0.2, 0.25) is 0 Å². The van der Waals surface area contributed by atoms with Crippen molar-refractivity contribution < 1.29 is 14.3 Å². The van der Waals surface area contributed by atoms with Gasteiger partial charge in [-0.25, -0.2) is 0 Å². The number of unbranched alkanes of at least 4 members (excludes halogenated alkanes) is 1. The Kier molecular flexibility index (Phi) is 7.46. The standard InChI is InChI=1S/C22H31NO3/c1-5-8-16-25-20-14-13-19(17-11-9-10-12-18(17)20)23-21(24)22(4,15-6-2)26-7-3/h9-14H,5-8,15-16H2,1-4H3,(H,23,24)/t22-/m0/s1. The minimum Gasteiger partial charge on any atom is -0.493 e. The minimum atomic E-state index is -0.819. The zero-order valence-corrected chi connectivity index (χ0v) is 16.4. The quantitative estimate of drug-likeness (QED) is 0.567. The Bertz CT molecular complexity index is 720. The van der Waals surface area contributed by atoms with E-state index in [4.69, 9.17) is 9.47 Å². The molecule has 4 heteroatoms. The van der Waals surface area contributed by atoms with Crippen molar-refractivity contribution in [1.82, 2.24) is 0 Å². The Morgan fingerprint density at radius 1 is 1.04 bits per heavy atom. The summed E-state index contributed by atoms with van der Waals surface area (Å²) in [5.74, 6) is 0.749. The largest absolute Gasteiger partial charge is 0.493 e. The SMILES string of the molecule is CCCCOc1ccc(NC(=O)[C@](C)(CCC)OCC)c2ccccc12. The van der Waals surface area contributed by atoms with E-state index in [2.05, 4.69) is 19.2 Å². The van der Waals surface area contributed by atoms with Crippen LogP contribution >= 0.6 is 0 Å². The lowest BCUT2D eigenvalue weighted by Crippen LogP contribution is -2.42. The smallest absolute Gasteiger partial charge is 0.256 e. The number of carbonyl (C=O) groups is 1.